The molecule has 1 N–H and O–H groups in total. The molecule has 0 aromatic rings. The predicted octanol–water partition coefficient (Wildman–Crippen LogP) is -6.00. The van der Waals surface area contributed by atoms with Gasteiger partial charge in [0.2, 0.25) is 0 Å². The van der Waals surface area contributed by atoms with Gasteiger partial charge in [-0.2, -0.15) is 0 Å². The van der Waals surface area contributed by atoms with Crippen LogP contribution in [0.2, 0.25) is 0 Å². The second-order valence-corrected chi connectivity index (χ2v) is 0.316. The fourth-order valence-electron chi connectivity index (χ4n) is 0. The minimum absolute atomic E-state index is 0. The summed E-state index contributed by atoms with van der Waals surface area (Å²) in [5.41, 5.74) is 0. The zero-order valence-corrected chi connectivity index (χ0v) is 5.88. The summed E-state index contributed by atoms with van der Waals surface area (Å²) in [6.07, 6.45) is 0. The maximum absolute atomic E-state index is 7.57. The molecule has 0 spiro atoms. The molecule has 42 valence electrons. The Balaban J connectivity index is -0.00000000667. The number of rotatable bonds is 0. The van der Waals surface area contributed by atoms with Crippen molar-refractivity contribution in [3.8, 4) is 0 Å². The Morgan fingerprint density at radius 2 is 1.33 bits per heavy atom. The van der Waals surface area contributed by atoms with E-state index in [1.807, 2.05) is 0 Å². The SMILES string of the molecule is CCO.[Cl-].[Cl-].[Fe+2]. The molecule has 0 aliphatic heterocycles. The Bertz CT molecular complexity index is 11.5. The van der Waals surface area contributed by atoms with Crippen LogP contribution in [0.1, 0.15) is 6.92 Å². The third kappa shape index (κ3) is 74.3. The zero-order valence-electron chi connectivity index (χ0n) is 3.26. The first kappa shape index (κ1) is 27.7. The number of halogens is 2. The number of hydrogen-bond donors (Lipinski definition) is 1. The Morgan fingerprint density at radius 3 is 1.33 bits per heavy atom. The normalized spacial score (nSPS) is 3.00. The first-order valence-electron chi connectivity index (χ1n) is 1.02. The van der Waals surface area contributed by atoms with Gasteiger partial charge in [0, 0.05) is 6.61 Å². The average Bonchev–Trinajstić information content (AvgIpc) is 0.918. The molecule has 0 aliphatic carbocycles. The van der Waals surface area contributed by atoms with E-state index in [1.54, 1.807) is 6.92 Å². The zero-order chi connectivity index (χ0) is 2.71. The van der Waals surface area contributed by atoms with Crippen LogP contribution in [0.25, 0.3) is 0 Å². The van der Waals surface area contributed by atoms with Gasteiger partial charge in [0.05, 0.1) is 0 Å². The van der Waals surface area contributed by atoms with Crippen LogP contribution >= 0.6 is 0 Å². The summed E-state index contributed by atoms with van der Waals surface area (Å²) in [5, 5.41) is 7.57. The van der Waals surface area contributed by atoms with E-state index in [4.69, 9.17) is 5.11 Å². The molecule has 1 nitrogen and oxygen atoms in total. The molecule has 0 fully saturated rings. The van der Waals surface area contributed by atoms with Crippen molar-refractivity contribution in [2.24, 2.45) is 0 Å². The van der Waals surface area contributed by atoms with Gasteiger partial charge in [-0.05, 0) is 6.92 Å². The predicted molar refractivity (Wildman–Crippen MR) is 12.8 cm³/mol. The number of aliphatic hydroxyl groups excluding tert-OH is 1. The third-order valence-electron chi connectivity index (χ3n) is 0. The van der Waals surface area contributed by atoms with Gasteiger partial charge in [0.15, 0.2) is 0 Å². The van der Waals surface area contributed by atoms with Crippen LogP contribution in [0.3, 0.4) is 0 Å². The summed E-state index contributed by atoms with van der Waals surface area (Å²) in [4.78, 5) is 0. The molecule has 0 saturated heterocycles. The van der Waals surface area contributed by atoms with Crippen LogP contribution in [-0.2, 0) is 17.1 Å². The third-order valence-corrected chi connectivity index (χ3v) is 0. The Labute approximate surface area is 60.8 Å². The van der Waals surface area contributed by atoms with Crippen molar-refractivity contribution in [1.82, 2.24) is 0 Å². The maximum atomic E-state index is 7.57. The van der Waals surface area contributed by atoms with E-state index < -0.39 is 0 Å². The van der Waals surface area contributed by atoms with Gasteiger partial charge in [-0.25, -0.2) is 0 Å². The molecule has 0 bridgehead atoms. The van der Waals surface area contributed by atoms with Crippen molar-refractivity contribution in [3.63, 3.8) is 0 Å². The van der Waals surface area contributed by atoms with Crippen molar-refractivity contribution < 1.29 is 47.0 Å². The first-order valence-corrected chi connectivity index (χ1v) is 1.02. The molecule has 0 heterocycles. The monoisotopic (exact) mass is 172 g/mol. The molecule has 0 atom stereocenters. The van der Waals surface area contributed by atoms with Crippen molar-refractivity contribution in [1.29, 1.82) is 0 Å². The molecular formula is C2H6Cl2FeO. The van der Waals surface area contributed by atoms with Crippen LogP contribution in [0.15, 0.2) is 0 Å². The van der Waals surface area contributed by atoms with E-state index in [-0.39, 0.29) is 48.5 Å². The molecule has 0 radical (unpaired) electrons. The van der Waals surface area contributed by atoms with Gasteiger partial charge in [-0.1, -0.05) is 0 Å². The van der Waals surface area contributed by atoms with Crippen LogP contribution in [0.4, 0.5) is 0 Å². The molecule has 0 unspecified atom stereocenters. The first-order chi connectivity index (χ1) is 1.41. The average molecular weight is 173 g/mol. The van der Waals surface area contributed by atoms with Crippen molar-refractivity contribution >= 4 is 0 Å². The summed E-state index contributed by atoms with van der Waals surface area (Å²) in [7, 11) is 0. The van der Waals surface area contributed by atoms with Gasteiger partial charge >= 0.3 is 17.1 Å². The second kappa shape index (κ2) is 36.6. The Kier molecular flexibility index (Phi) is 169. The van der Waals surface area contributed by atoms with Crippen LogP contribution in [0, 0.1) is 0 Å². The molecule has 0 aromatic heterocycles. The summed E-state index contributed by atoms with van der Waals surface area (Å²) in [6.45, 7) is 1.93. The van der Waals surface area contributed by atoms with Crippen LogP contribution in [0.5, 0.6) is 0 Å². The minimum Gasteiger partial charge on any atom is -1.00 e. The quantitative estimate of drug-likeness (QED) is 0.361. The number of hydrogen-bond acceptors (Lipinski definition) is 1. The number of aliphatic hydroxyl groups is 1. The molecule has 6 heavy (non-hydrogen) atoms. The molecule has 0 amide bonds. The largest absolute Gasteiger partial charge is 2.00 e. The molecular weight excluding hydrogens is 167 g/mol. The van der Waals surface area contributed by atoms with Crippen molar-refractivity contribution in [3.05, 3.63) is 0 Å². The molecule has 4 heteroatoms. The van der Waals surface area contributed by atoms with E-state index in [2.05, 4.69) is 0 Å². The van der Waals surface area contributed by atoms with Gasteiger partial charge in [-0.15, -0.1) is 0 Å². The van der Waals surface area contributed by atoms with Gasteiger partial charge in [-0.3, -0.25) is 0 Å². The maximum Gasteiger partial charge on any atom is 2.00 e. The summed E-state index contributed by atoms with van der Waals surface area (Å²) in [6, 6.07) is 0. The molecule has 0 aliphatic rings. The summed E-state index contributed by atoms with van der Waals surface area (Å²) < 4.78 is 0. The fourth-order valence-corrected chi connectivity index (χ4v) is 0. The molecule has 0 aromatic carbocycles. The van der Waals surface area contributed by atoms with Crippen LogP contribution in [-0.4, -0.2) is 11.7 Å². The van der Waals surface area contributed by atoms with Crippen molar-refractivity contribution in [2.75, 3.05) is 6.61 Å². The summed E-state index contributed by atoms with van der Waals surface area (Å²) >= 11 is 0. The van der Waals surface area contributed by atoms with E-state index in [1.165, 1.54) is 0 Å². The van der Waals surface area contributed by atoms with Crippen molar-refractivity contribution in [2.45, 2.75) is 6.92 Å². The fraction of sp³-hybridized carbons (Fsp3) is 1.00. The molecule has 0 rings (SSSR count). The van der Waals surface area contributed by atoms with E-state index >= 15 is 0 Å². The van der Waals surface area contributed by atoms with Gasteiger partial charge < -0.3 is 29.9 Å². The van der Waals surface area contributed by atoms with E-state index in [0.29, 0.717) is 0 Å². The van der Waals surface area contributed by atoms with Gasteiger partial charge in [0.25, 0.3) is 0 Å². The Hall–Kier alpha value is 1.06. The standard InChI is InChI=1S/C2H6O.2ClH.Fe/c1-2-3;;;/h3H,2H2,1H3;2*1H;/q;;;+2/p-2. The van der Waals surface area contributed by atoms with E-state index in [9.17, 15) is 0 Å². The smallest absolute Gasteiger partial charge is 1.00 e. The minimum atomic E-state index is 0. The van der Waals surface area contributed by atoms with Gasteiger partial charge in [0.1, 0.15) is 0 Å². The molecule has 0 saturated carbocycles. The second-order valence-electron chi connectivity index (χ2n) is 0.316. The topological polar surface area (TPSA) is 20.2 Å². The van der Waals surface area contributed by atoms with E-state index in [0.717, 1.165) is 0 Å². The Morgan fingerprint density at radius 1 is 1.33 bits per heavy atom. The van der Waals surface area contributed by atoms with Crippen LogP contribution < -0.4 is 24.8 Å². The summed E-state index contributed by atoms with van der Waals surface area (Å²) in [5.74, 6) is 0.